The topological polar surface area (TPSA) is 98.6 Å². The Kier molecular flexibility index (Phi) is 8.77. The second-order valence-electron chi connectivity index (χ2n) is 11.5. The van der Waals surface area contributed by atoms with Crippen LogP contribution in [0.15, 0.2) is 67.0 Å². The van der Waals surface area contributed by atoms with Gasteiger partial charge in [-0.05, 0) is 53.9 Å². The van der Waals surface area contributed by atoms with E-state index in [1.165, 1.54) is 11.8 Å². The first-order valence-electron chi connectivity index (χ1n) is 14.1. The van der Waals surface area contributed by atoms with Gasteiger partial charge < -0.3 is 14.8 Å². The van der Waals surface area contributed by atoms with E-state index in [1.54, 1.807) is 31.5 Å². The minimum atomic E-state index is -0.365. The summed E-state index contributed by atoms with van der Waals surface area (Å²) in [5.41, 5.74) is 5.10. The van der Waals surface area contributed by atoms with Gasteiger partial charge in [-0.1, -0.05) is 45.0 Å². The van der Waals surface area contributed by atoms with Crippen LogP contribution in [-0.2, 0) is 21.5 Å². The van der Waals surface area contributed by atoms with E-state index in [0.717, 1.165) is 33.6 Å². The third kappa shape index (κ3) is 6.39. The molecular weight excluding hydrogens is 562 g/mol. The summed E-state index contributed by atoms with van der Waals surface area (Å²) in [5, 5.41) is 7.87. The molecule has 1 aliphatic rings. The van der Waals surface area contributed by atoms with Gasteiger partial charge in [0, 0.05) is 29.9 Å². The van der Waals surface area contributed by atoms with Gasteiger partial charge in [0.2, 0.25) is 11.8 Å². The Balaban J connectivity index is 1.67. The Morgan fingerprint density at radius 1 is 1.07 bits per heavy atom. The first-order valence-corrected chi connectivity index (χ1v) is 15.2. The predicted molar refractivity (Wildman–Crippen MR) is 169 cm³/mol. The SMILES string of the molecule is COc1ccc(C2SCC(=O)N(CC(=O)NCc3cccnc3)c3c2c(C(C)(C)C)nn3-c2cccc(C)c2)cc1OC. The average Bonchev–Trinajstić information content (AvgIpc) is 3.34. The van der Waals surface area contributed by atoms with Crippen molar-refractivity contribution in [2.75, 3.05) is 31.4 Å². The lowest BCUT2D eigenvalue weighted by molar-refractivity contribution is -0.123. The highest BCUT2D eigenvalue weighted by molar-refractivity contribution is 8.00. The molecule has 5 rings (SSSR count). The van der Waals surface area contributed by atoms with Crippen LogP contribution in [-0.4, -0.2) is 53.1 Å². The van der Waals surface area contributed by atoms with Crippen molar-refractivity contribution in [2.45, 2.75) is 44.9 Å². The maximum atomic E-state index is 13.9. The van der Waals surface area contributed by atoms with Gasteiger partial charge in [-0.2, -0.15) is 5.10 Å². The van der Waals surface area contributed by atoms with Crippen LogP contribution < -0.4 is 19.7 Å². The number of rotatable bonds is 8. The zero-order valence-electron chi connectivity index (χ0n) is 25.4. The van der Waals surface area contributed by atoms with Crippen LogP contribution in [0.1, 0.15) is 54.0 Å². The van der Waals surface area contributed by atoms with Crippen molar-refractivity contribution in [2.24, 2.45) is 0 Å². The summed E-state index contributed by atoms with van der Waals surface area (Å²) in [4.78, 5) is 33.0. The first kappa shape index (κ1) is 30.2. The van der Waals surface area contributed by atoms with E-state index >= 15 is 0 Å². The van der Waals surface area contributed by atoms with Crippen LogP contribution in [0.25, 0.3) is 5.69 Å². The summed E-state index contributed by atoms with van der Waals surface area (Å²) in [7, 11) is 3.22. The third-order valence-corrected chi connectivity index (χ3v) is 8.53. The van der Waals surface area contributed by atoms with Crippen molar-refractivity contribution >= 4 is 29.4 Å². The fraction of sp³-hybridized carbons (Fsp3) is 0.333. The Morgan fingerprint density at radius 3 is 2.53 bits per heavy atom. The Hall–Kier alpha value is -4.31. The smallest absolute Gasteiger partial charge is 0.240 e. The zero-order chi connectivity index (χ0) is 30.7. The molecule has 9 nitrogen and oxygen atoms in total. The van der Waals surface area contributed by atoms with Crippen molar-refractivity contribution in [3.8, 4) is 17.2 Å². The Bertz CT molecular complexity index is 1630. The average molecular weight is 600 g/mol. The van der Waals surface area contributed by atoms with Gasteiger partial charge in [-0.3, -0.25) is 19.5 Å². The molecule has 1 aliphatic heterocycles. The summed E-state index contributed by atoms with van der Waals surface area (Å²) in [6.07, 6.45) is 3.40. The second kappa shape index (κ2) is 12.5. The standard InChI is InChI=1S/C33H37N5O4S/c1-21-9-7-11-24(15-21)38-32-29(31(36-38)33(2,3)4)30(23-12-13-25(41-5)26(16-23)42-6)43-20-28(40)37(32)19-27(39)35-18-22-10-8-14-34-17-22/h7-17,30H,18-20H2,1-6H3,(H,35,39). The van der Waals surface area contributed by atoms with Crippen molar-refractivity contribution in [3.05, 3.63) is 94.9 Å². The maximum absolute atomic E-state index is 13.9. The monoisotopic (exact) mass is 599 g/mol. The number of nitrogens with one attached hydrogen (secondary N) is 1. The summed E-state index contributed by atoms with van der Waals surface area (Å²) in [6, 6.07) is 17.6. The van der Waals surface area contributed by atoms with Crippen LogP contribution >= 0.6 is 11.8 Å². The number of fused-ring (bicyclic) bond motifs is 1. The molecule has 0 aliphatic carbocycles. The van der Waals surface area contributed by atoms with E-state index in [4.69, 9.17) is 14.6 Å². The molecule has 0 saturated carbocycles. The number of aromatic nitrogens is 3. The van der Waals surface area contributed by atoms with Gasteiger partial charge in [-0.15, -0.1) is 11.8 Å². The molecule has 0 spiro atoms. The van der Waals surface area contributed by atoms with E-state index in [-0.39, 0.29) is 34.8 Å². The molecule has 2 amide bonds. The van der Waals surface area contributed by atoms with Gasteiger partial charge in [0.1, 0.15) is 12.4 Å². The highest BCUT2D eigenvalue weighted by Gasteiger charge is 2.40. The molecule has 3 heterocycles. The number of benzene rings is 2. The predicted octanol–water partition coefficient (Wildman–Crippen LogP) is 5.38. The molecular formula is C33H37N5O4S. The van der Waals surface area contributed by atoms with E-state index < -0.39 is 0 Å². The van der Waals surface area contributed by atoms with Gasteiger partial charge in [-0.25, -0.2) is 4.68 Å². The van der Waals surface area contributed by atoms with Crippen LogP contribution in [0.5, 0.6) is 11.5 Å². The lowest BCUT2D eigenvalue weighted by Gasteiger charge is -2.25. The van der Waals surface area contributed by atoms with Crippen molar-refractivity contribution < 1.29 is 19.1 Å². The minimum absolute atomic E-state index is 0.146. The van der Waals surface area contributed by atoms with Crippen LogP contribution in [0.2, 0.25) is 0 Å². The molecule has 2 aromatic carbocycles. The Morgan fingerprint density at radius 2 is 1.86 bits per heavy atom. The second-order valence-corrected chi connectivity index (χ2v) is 12.6. The molecule has 0 radical (unpaired) electrons. The van der Waals surface area contributed by atoms with Crippen LogP contribution in [0.4, 0.5) is 5.82 Å². The zero-order valence-corrected chi connectivity index (χ0v) is 26.2. The number of hydrogen-bond donors (Lipinski definition) is 1. The summed E-state index contributed by atoms with van der Waals surface area (Å²) >= 11 is 1.52. The van der Waals surface area contributed by atoms with E-state index in [9.17, 15) is 9.59 Å². The molecule has 43 heavy (non-hydrogen) atoms. The van der Waals surface area contributed by atoms with E-state index in [2.05, 4.69) is 31.1 Å². The van der Waals surface area contributed by atoms with Crippen molar-refractivity contribution in [1.82, 2.24) is 20.1 Å². The molecule has 0 fully saturated rings. The van der Waals surface area contributed by atoms with Gasteiger partial charge >= 0.3 is 0 Å². The molecule has 1 unspecified atom stereocenters. The number of hydrogen-bond acceptors (Lipinski definition) is 7. The number of anilines is 1. The summed E-state index contributed by atoms with van der Waals surface area (Å²) in [5.74, 6) is 1.57. The summed E-state index contributed by atoms with van der Waals surface area (Å²) in [6.45, 7) is 8.54. The molecule has 0 saturated heterocycles. The van der Waals surface area contributed by atoms with E-state index in [0.29, 0.717) is 23.9 Å². The van der Waals surface area contributed by atoms with E-state index in [1.807, 2.05) is 66.2 Å². The van der Waals surface area contributed by atoms with Gasteiger partial charge in [0.15, 0.2) is 11.5 Å². The molecule has 1 N–H and O–H groups in total. The normalized spacial score (nSPS) is 15.1. The number of ether oxygens (including phenoxy) is 2. The molecule has 2 aromatic heterocycles. The highest BCUT2D eigenvalue weighted by Crippen LogP contribution is 2.49. The number of methoxy groups -OCH3 is 2. The largest absolute Gasteiger partial charge is 0.493 e. The lowest BCUT2D eigenvalue weighted by atomic mass is 9.87. The molecule has 0 bridgehead atoms. The quantitative estimate of drug-likeness (QED) is 0.291. The number of pyridine rings is 1. The minimum Gasteiger partial charge on any atom is -0.493 e. The molecule has 4 aromatic rings. The van der Waals surface area contributed by atoms with Crippen LogP contribution in [0.3, 0.4) is 0 Å². The fourth-order valence-electron chi connectivity index (χ4n) is 5.19. The summed E-state index contributed by atoms with van der Waals surface area (Å²) < 4.78 is 13.0. The Labute approximate surface area is 256 Å². The van der Waals surface area contributed by atoms with Crippen molar-refractivity contribution in [1.29, 1.82) is 0 Å². The highest BCUT2D eigenvalue weighted by atomic mass is 32.2. The first-order chi connectivity index (χ1) is 20.6. The number of carbonyl (C=O) groups excluding carboxylic acids is 2. The fourth-order valence-corrected chi connectivity index (χ4v) is 6.38. The number of aryl methyl sites for hydroxylation is 1. The third-order valence-electron chi connectivity index (χ3n) is 7.27. The number of nitrogens with zero attached hydrogens (tertiary/aromatic N) is 4. The molecule has 10 heteroatoms. The molecule has 224 valence electrons. The lowest BCUT2D eigenvalue weighted by Crippen LogP contribution is -2.42. The number of carbonyl (C=O) groups is 2. The number of amides is 2. The van der Waals surface area contributed by atoms with Gasteiger partial charge in [0.25, 0.3) is 0 Å². The maximum Gasteiger partial charge on any atom is 0.240 e. The van der Waals surface area contributed by atoms with Gasteiger partial charge in [0.05, 0.1) is 36.6 Å². The van der Waals surface area contributed by atoms with Crippen molar-refractivity contribution in [3.63, 3.8) is 0 Å². The number of thioether (sulfide) groups is 1. The molecule has 1 atom stereocenters. The van der Waals surface area contributed by atoms with Crippen LogP contribution in [0, 0.1) is 6.92 Å².